The van der Waals surface area contributed by atoms with Gasteiger partial charge in [0.25, 0.3) is 0 Å². The third-order valence-electron chi connectivity index (χ3n) is 2.94. The van der Waals surface area contributed by atoms with Crippen LogP contribution in [-0.2, 0) is 17.8 Å². The van der Waals surface area contributed by atoms with Gasteiger partial charge in [0.15, 0.2) is 0 Å². The lowest BCUT2D eigenvalue weighted by Crippen LogP contribution is -2.00. The van der Waals surface area contributed by atoms with Crippen molar-refractivity contribution < 1.29 is 9.13 Å². The SMILES string of the molecule is N#Cc1ccc(F)c(COCCCc2ccncc2)c1. The van der Waals surface area contributed by atoms with Crippen molar-refractivity contribution in [3.63, 3.8) is 0 Å². The standard InChI is InChI=1S/C16H15FN2O/c17-16-4-3-14(11-18)10-15(16)12-20-9-1-2-13-5-7-19-8-6-13/h3-8,10H,1-2,9,12H2. The maximum absolute atomic E-state index is 13.5. The molecule has 4 heteroatoms. The van der Waals surface area contributed by atoms with Gasteiger partial charge in [-0.1, -0.05) is 0 Å². The molecule has 0 unspecified atom stereocenters. The molecular formula is C16H15FN2O. The molecule has 102 valence electrons. The zero-order valence-electron chi connectivity index (χ0n) is 11.1. The second-order valence-electron chi connectivity index (χ2n) is 4.43. The highest BCUT2D eigenvalue weighted by Gasteiger charge is 2.03. The Hall–Kier alpha value is -2.25. The number of hydrogen-bond donors (Lipinski definition) is 0. The van der Waals surface area contributed by atoms with Crippen LogP contribution in [0.25, 0.3) is 0 Å². The molecule has 0 saturated carbocycles. The van der Waals surface area contributed by atoms with E-state index in [0.717, 1.165) is 12.8 Å². The van der Waals surface area contributed by atoms with Gasteiger partial charge >= 0.3 is 0 Å². The van der Waals surface area contributed by atoms with E-state index in [0.29, 0.717) is 17.7 Å². The van der Waals surface area contributed by atoms with Gasteiger partial charge in [-0.25, -0.2) is 4.39 Å². The second-order valence-corrected chi connectivity index (χ2v) is 4.43. The van der Waals surface area contributed by atoms with Crippen LogP contribution in [0.3, 0.4) is 0 Å². The fourth-order valence-electron chi connectivity index (χ4n) is 1.86. The molecule has 1 aromatic carbocycles. The molecule has 2 aromatic rings. The molecule has 1 aromatic heterocycles. The summed E-state index contributed by atoms with van der Waals surface area (Å²) in [6.45, 7) is 0.746. The summed E-state index contributed by atoms with van der Waals surface area (Å²) in [5, 5.41) is 8.77. The number of aromatic nitrogens is 1. The number of hydrogen-bond acceptors (Lipinski definition) is 3. The predicted molar refractivity (Wildman–Crippen MR) is 73.3 cm³/mol. The van der Waals surface area contributed by atoms with Gasteiger partial charge in [0.05, 0.1) is 18.2 Å². The molecule has 0 N–H and O–H groups in total. The van der Waals surface area contributed by atoms with Crippen molar-refractivity contribution >= 4 is 0 Å². The van der Waals surface area contributed by atoms with E-state index in [1.54, 1.807) is 12.4 Å². The zero-order valence-corrected chi connectivity index (χ0v) is 11.1. The Morgan fingerprint density at radius 3 is 2.75 bits per heavy atom. The van der Waals surface area contributed by atoms with Crippen LogP contribution in [0.1, 0.15) is 23.1 Å². The number of pyridine rings is 1. The Balaban J connectivity index is 1.75. The van der Waals surface area contributed by atoms with Crippen molar-refractivity contribution in [1.82, 2.24) is 4.98 Å². The lowest BCUT2D eigenvalue weighted by molar-refractivity contribution is 0.116. The molecule has 0 fully saturated rings. The van der Waals surface area contributed by atoms with Gasteiger partial charge in [-0.3, -0.25) is 4.98 Å². The van der Waals surface area contributed by atoms with E-state index in [4.69, 9.17) is 10.00 Å². The molecule has 2 rings (SSSR count). The fraction of sp³-hybridized carbons (Fsp3) is 0.250. The normalized spacial score (nSPS) is 10.2. The minimum absolute atomic E-state index is 0.192. The predicted octanol–water partition coefficient (Wildman–Crippen LogP) is 3.24. The molecule has 20 heavy (non-hydrogen) atoms. The summed E-state index contributed by atoms with van der Waals surface area (Å²) >= 11 is 0. The van der Waals surface area contributed by atoms with Crippen molar-refractivity contribution in [3.8, 4) is 6.07 Å². The molecule has 0 aliphatic heterocycles. The third kappa shape index (κ3) is 4.15. The first kappa shape index (κ1) is 14.2. The van der Waals surface area contributed by atoms with Gasteiger partial charge in [0.1, 0.15) is 5.82 Å². The molecule has 1 heterocycles. The lowest BCUT2D eigenvalue weighted by Gasteiger charge is -2.06. The van der Waals surface area contributed by atoms with E-state index < -0.39 is 0 Å². The molecule has 0 spiro atoms. The van der Waals surface area contributed by atoms with E-state index >= 15 is 0 Å². The number of halogens is 1. The Labute approximate surface area is 117 Å². The number of aryl methyl sites for hydroxylation is 1. The summed E-state index contributed by atoms with van der Waals surface area (Å²) in [4.78, 5) is 3.96. The highest BCUT2D eigenvalue weighted by Crippen LogP contribution is 2.11. The second kappa shape index (κ2) is 7.37. The number of rotatable bonds is 6. The Morgan fingerprint density at radius 2 is 2.00 bits per heavy atom. The average molecular weight is 270 g/mol. The third-order valence-corrected chi connectivity index (χ3v) is 2.94. The Kier molecular flexibility index (Phi) is 5.22. The smallest absolute Gasteiger partial charge is 0.128 e. The molecule has 0 saturated heterocycles. The topological polar surface area (TPSA) is 45.9 Å². The number of benzene rings is 1. The van der Waals surface area contributed by atoms with Crippen LogP contribution in [0, 0.1) is 17.1 Å². The fourth-order valence-corrected chi connectivity index (χ4v) is 1.86. The summed E-state index contributed by atoms with van der Waals surface area (Å²) in [5.74, 6) is -0.335. The Bertz CT molecular complexity index is 593. The molecule has 0 radical (unpaired) electrons. The average Bonchev–Trinajstić information content (AvgIpc) is 2.50. The summed E-state index contributed by atoms with van der Waals surface area (Å²) < 4.78 is 18.9. The molecule has 0 aliphatic carbocycles. The summed E-state index contributed by atoms with van der Waals surface area (Å²) in [7, 11) is 0. The molecular weight excluding hydrogens is 255 g/mol. The van der Waals surface area contributed by atoms with E-state index in [-0.39, 0.29) is 12.4 Å². The number of ether oxygens (including phenoxy) is 1. The van der Waals surface area contributed by atoms with E-state index in [1.165, 1.54) is 23.8 Å². The maximum Gasteiger partial charge on any atom is 0.128 e. The van der Waals surface area contributed by atoms with Crippen LogP contribution < -0.4 is 0 Å². The number of nitrogens with zero attached hydrogens (tertiary/aromatic N) is 2. The zero-order chi connectivity index (χ0) is 14.2. The first-order valence-electron chi connectivity index (χ1n) is 6.45. The van der Waals surface area contributed by atoms with Gasteiger partial charge in [0, 0.05) is 24.6 Å². The number of nitriles is 1. The van der Waals surface area contributed by atoms with E-state index in [1.807, 2.05) is 18.2 Å². The van der Waals surface area contributed by atoms with Gasteiger partial charge in [-0.05, 0) is 48.7 Å². The van der Waals surface area contributed by atoms with Crippen molar-refractivity contribution in [2.45, 2.75) is 19.4 Å². The van der Waals surface area contributed by atoms with Gasteiger partial charge in [-0.2, -0.15) is 5.26 Å². The summed E-state index contributed by atoms with van der Waals surface area (Å²) in [5.41, 5.74) is 2.08. The lowest BCUT2D eigenvalue weighted by atomic mass is 10.1. The molecule has 3 nitrogen and oxygen atoms in total. The van der Waals surface area contributed by atoms with Crippen LogP contribution >= 0.6 is 0 Å². The Morgan fingerprint density at radius 1 is 1.20 bits per heavy atom. The van der Waals surface area contributed by atoms with Gasteiger partial charge in [0.2, 0.25) is 0 Å². The highest BCUT2D eigenvalue weighted by atomic mass is 19.1. The van der Waals surface area contributed by atoms with Crippen molar-refractivity contribution in [3.05, 3.63) is 65.2 Å². The maximum atomic E-state index is 13.5. The van der Waals surface area contributed by atoms with Crippen LogP contribution in [0.2, 0.25) is 0 Å². The monoisotopic (exact) mass is 270 g/mol. The van der Waals surface area contributed by atoms with Crippen LogP contribution in [0.5, 0.6) is 0 Å². The summed E-state index contributed by atoms with van der Waals surface area (Å²) in [6, 6.07) is 10.2. The van der Waals surface area contributed by atoms with Crippen LogP contribution in [-0.4, -0.2) is 11.6 Å². The van der Waals surface area contributed by atoms with E-state index in [9.17, 15) is 4.39 Å². The molecule has 0 atom stereocenters. The summed E-state index contributed by atoms with van der Waals surface area (Å²) in [6.07, 6.45) is 5.30. The van der Waals surface area contributed by atoms with E-state index in [2.05, 4.69) is 4.98 Å². The van der Waals surface area contributed by atoms with Crippen molar-refractivity contribution in [2.24, 2.45) is 0 Å². The van der Waals surface area contributed by atoms with Crippen molar-refractivity contribution in [2.75, 3.05) is 6.61 Å². The molecule has 0 aliphatic rings. The minimum Gasteiger partial charge on any atom is -0.377 e. The first-order chi connectivity index (χ1) is 9.79. The largest absolute Gasteiger partial charge is 0.377 e. The van der Waals surface area contributed by atoms with Crippen molar-refractivity contribution in [1.29, 1.82) is 5.26 Å². The van der Waals surface area contributed by atoms with Crippen LogP contribution in [0.15, 0.2) is 42.7 Å². The van der Waals surface area contributed by atoms with Gasteiger partial charge in [-0.15, -0.1) is 0 Å². The highest BCUT2D eigenvalue weighted by molar-refractivity contribution is 5.33. The molecule has 0 amide bonds. The van der Waals surface area contributed by atoms with Gasteiger partial charge < -0.3 is 4.74 Å². The minimum atomic E-state index is -0.335. The van der Waals surface area contributed by atoms with Crippen LogP contribution in [0.4, 0.5) is 4.39 Å². The first-order valence-corrected chi connectivity index (χ1v) is 6.45. The molecule has 0 bridgehead atoms. The quantitative estimate of drug-likeness (QED) is 0.757.